The summed E-state index contributed by atoms with van der Waals surface area (Å²) in [4.78, 5) is 12.4. The van der Waals surface area contributed by atoms with Crippen LogP contribution < -0.4 is 4.74 Å². The first-order valence-corrected chi connectivity index (χ1v) is 12.0. The van der Waals surface area contributed by atoms with E-state index in [1.165, 1.54) is 36.4 Å². The highest BCUT2D eigenvalue weighted by Gasteiger charge is 2.53. The number of aliphatic hydroxyl groups excluding tert-OH is 5. The number of carbonyl (C=O) groups excluding carboxylic acids is 1. The first-order valence-electron chi connectivity index (χ1n) is 12.0. The number of aliphatic hydroxyl groups is 6. The summed E-state index contributed by atoms with van der Waals surface area (Å²) in [5, 5.41) is 79.6. The lowest BCUT2D eigenvalue weighted by atomic mass is 9.98. The van der Waals surface area contributed by atoms with E-state index in [9.17, 15) is 45.6 Å². The second kappa shape index (κ2) is 12.0. The van der Waals surface area contributed by atoms with Gasteiger partial charge < -0.3 is 59.8 Å². The average Bonchev–Trinajstić information content (AvgIpc) is 3.21. The Bertz CT molecular complexity index is 1170. The molecular weight excluding hydrogens is 520 g/mol. The Balaban J connectivity index is 1.46. The zero-order valence-corrected chi connectivity index (χ0v) is 20.5. The molecule has 2 aliphatic rings. The molecule has 2 aromatic rings. The summed E-state index contributed by atoms with van der Waals surface area (Å²) in [7, 11) is 0. The Morgan fingerprint density at radius 2 is 1.74 bits per heavy atom. The molecule has 0 unspecified atom stereocenters. The van der Waals surface area contributed by atoms with Crippen LogP contribution in [0.4, 0.5) is 0 Å². The third-order valence-electron chi connectivity index (χ3n) is 6.50. The molecule has 8 N–H and O–H groups in total. The van der Waals surface area contributed by atoms with Gasteiger partial charge in [-0.2, -0.15) is 0 Å². The monoisotopic (exact) mass is 550 g/mol. The van der Waals surface area contributed by atoms with Crippen molar-refractivity contribution in [2.45, 2.75) is 48.7 Å². The lowest BCUT2D eigenvalue weighted by molar-refractivity contribution is -0.318. The van der Waals surface area contributed by atoms with Crippen LogP contribution in [-0.4, -0.2) is 115 Å². The Labute approximate surface area is 222 Å². The molecule has 2 fully saturated rings. The number of phenolic OH excluding ortho intramolecular Hbond substituents is 2. The fraction of sp³-hybridized carbons (Fsp3) is 0.423. The molecule has 13 heteroatoms. The van der Waals surface area contributed by atoms with Crippen LogP contribution in [0.25, 0.3) is 6.08 Å². The van der Waals surface area contributed by atoms with E-state index in [0.29, 0.717) is 5.56 Å². The first-order chi connectivity index (χ1) is 18.6. The molecule has 2 heterocycles. The molecule has 0 aromatic heterocycles. The Hall–Kier alpha value is -3.11. The lowest BCUT2D eigenvalue weighted by Crippen LogP contribution is -2.62. The molecule has 0 amide bonds. The van der Waals surface area contributed by atoms with Crippen molar-refractivity contribution in [1.29, 1.82) is 0 Å². The molecule has 2 aliphatic heterocycles. The van der Waals surface area contributed by atoms with Gasteiger partial charge in [-0.05, 0) is 35.9 Å². The normalized spacial score (nSPS) is 32.9. The summed E-state index contributed by atoms with van der Waals surface area (Å²) in [5.74, 6) is -0.810. The van der Waals surface area contributed by atoms with Crippen LogP contribution in [-0.2, 0) is 14.2 Å². The molecule has 8 atom stereocenters. The third-order valence-corrected chi connectivity index (χ3v) is 6.50. The molecule has 2 aromatic carbocycles. The van der Waals surface area contributed by atoms with E-state index >= 15 is 0 Å². The largest absolute Gasteiger partial charge is 0.508 e. The van der Waals surface area contributed by atoms with Crippen molar-refractivity contribution in [3.8, 4) is 17.2 Å². The maximum absolute atomic E-state index is 12.4. The summed E-state index contributed by atoms with van der Waals surface area (Å²) in [5.41, 5.74) is -1.39. The summed E-state index contributed by atoms with van der Waals surface area (Å²) >= 11 is 0. The van der Waals surface area contributed by atoms with E-state index in [4.69, 9.17) is 18.9 Å². The van der Waals surface area contributed by atoms with Gasteiger partial charge >= 0.3 is 0 Å². The number of phenols is 2. The summed E-state index contributed by atoms with van der Waals surface area (Å²) < 4.78 is 22.2. The standard InChI is InChI=1S/C26H30O13/c27-10-19-20(32)21(33)22(39-25-23(34)26(35,11-28)12-36-25)24(38-19)37-15-5-1-13(2-6-15)3-8-17(30)16-7-4-14(29)9-18(16)31/h1-9,19-25,27-29,31-35H,10-12H2/b8-3+/t19-,20-,21+,22-,23-,24-,25-,26+/m0/s1. The predicted octanol–water partition coefficient (Wildman–Crippen LogP) is -1.36. The predicted molar refractivity (Wildman–Crippen MR) is 131 cm³/mol. The number of allylic oxidation sites excluding steroid dienone is 1. The van der Waals surface area contributed by atoms with Crippen molar-refractivity contribution in [3.05, 3.63) is 59.7 Å². The summed E-state index contributed by atoms with van der Waals surface area (Å²) in [6.07, 6.45) is -7.74. The number of rotatable bonds is 9. The molecular formula is C26H30O13. The summed E-state index contributed by atoms with van der Waals surface area (Å²) in [6.45, 7) is -1.91. The van der Waals surface area contributed by atoms with Crippen molar-refractivity contribution in [2.75, 3.05) is 19.8 Å². The minimum Gasteiger partial charge on any atom is -0.508 e. The van der Waals surface area contributed by atoms with Crippen LogP contribution >= 0.6 is 0 Å². The van der Waals surface area contributed by atoms with Gasteiger partial charge in [0.2, 0.25) is 6.29 Å². The van der Waals surface area contributed by atoms with Gasteiger partial charge in [0.25, 0.3) is 0 Å². The van der Waals surface area contributed by atoms with Crippen molar-refractivity contribution >= 4 is 11.9 Å². The zero-order valence-electron chi connectivity index (χ0n) is 20.5. The Morgan fingerprint density at radius 3 is 2.36 bits per heavy atom. The molecule has 0 saturated carbocycles. The number of aromatic hydroxyl groups is 2. The zero-order chi connectivity index (χ0) is 28.3. The number of carbonyl (C=O) groups is 1. The highest BCUT2D eigenvalue weighted by molar-refractivity contribution is 6.08. The van der Waals surface area contributed by atoms with E-state index in [2.05, 4.69) is 0 Å². The molecule has 39 heavy (non-hydrogen) atoms. The fourth-order valence-corrected chi connectivity index (χ4v) is 4.14. The second-order valence-corrected chi connectivity index (χ2v) is 9.28. The lowest BCUT2D eigenvalue weighted by Gasteiger charge is -2.42. The van der Waals surface area contributed by atoms with Gasteiger partial charge in [0.05, 0.1) is 25.4 Å². The van der Waals surface area contributed by atoms with Crippen LogP contribution in [0.2, 0.25) is 0 Å². The van der Waals surface area contributed by atoms with Gasteiger partial charge in [-0.1, -0.05) is 18.2 Å². The number of ketones is 1. The second-order valence-electron chi connectivity index (χ2n) is 9.28. The molecule has 0 bridgehead atoms. The van der Waals surface area contributed by atoms with Crippen molar-refractivity contribution in [3.63, 3.8) is 0 Å². The van der Waals surface area contributed by atoms with Crippen LogP contribution in [0.15, 0.2) is 48.5 Å². The van der Waals surface area contributed by atoms with Crippen LogP contribution in [0.3, 0.4) is 0 Å². The maximum atomic E-state index is 12.4. The smallest absolute Gasteiger partial charge is 0.229 e. The fourth-order valence-electron chi connectivity index (χ4n) is 4.14. The highest BCUT2D eigenvalue weighted by atomic mass is 16.8. The minimum absolute atomic E-state index is 0.0115. The van der Waals surface area contributed by atoms with Crippen LogP contribution in [0.1, 0.15) is 15.9 Å². The van der Waals surface area contributed by atoms with E-state index in [0.717, 1.165) is 6.07 Å². The molecule has 212 valence electrons. The Morgan fingerprint density at radius 1 is 1.03 bits per heavy atom. The van der Waals surface area contributed by atoms with Gasteiger partial charge in [0, 0.05) is 6.07 Å². The molecule has 13 nitrogen and oxygen atoms in total. The molecule has 2 saturated heterocycles. The molecule has 0 aliphatic carbocycles. The Kier molecular flexibility index (Phi) is 8.86. The first kappa shape index (κ1) is 28.9. The average molecular weight is 551 g/mol. The van der Waals surface area contributed by atoms with E-state index < -0.39 is 74.3 Å². The molecule has 0 spiro atoms. The number of hydrogen-bond acceptors (Lipinski definition) is 13. The van der Waals surface area contributed by atoms with Gasteiger partial charge in [-0.15, -0.1) is 0 Å². The van der Waals surface area contributed by atoms with Crippen LogP contribution in [0.5, 0.6) is 17.2 Å². The topological polar surface area (TPSA) is 216 Å². The highest BCUT2D eigenvalue weighted by Crippen LogP contribution is 2.32. The van der Waals surface area contributed by atoms with Crippen molar-refractivity contribution < 1.29 is 64.6 Å². The van der Waals surface area contributed by atoms with Gasteiger partial charge in [-0.3, -0.25) is 4.79 Å². The molecule has 0 radical (unpaired) electrons. The quantitative estimate of drug-likeness (QED) is 0.134. The minimum atomic E-state index is -1.99. The maximum Gasteiger partial charge on any atom is 0.229 e. The van der Waals surface area contributed by atoms with Gasteiger partial charge in [0.1, 0.15) is 47.3 Å². The van der Waals surface area contributed by atoms with Crippen LogP contribution in [0, 0.1) is 0 Å². The number of hydrogen-bond donors (Lipinski definition) is 8. The number of benzene rings is 2. The SMILES string of the molecule is O=C(/C=C/c1ccc(O[C@H]2O[C@@H](CO)[C@H](O)[C@@H](O)[C@@H]2O[C@@H]2OC[C@](O)(CO)[C@H]2O)cc1)c1ccc(O)cc1O. The van der Waals surface area contributed by atoms with E-state index in [-0.39, 0.29) is 22.8 Å². The third kappa shape index (κ3) is 6.22. The molecule has 4 rings (SSSR count). The number of ether oxygens (including phenoxy) is 4. The van der Waals surface area contributed by atoms with E-state index in [1.807, 2.05) is 0 Å². The van der Waals surface area contributed by atoms with Gasteiger partial charge in [0.15, 0.2) is 18.2 Å². The van der Waals surface area contributed by atoms with E-state index in [1.54, 1.807) is 12.1 Å². The summed E-state index contributed by atoms with van der Waals surface area (Å²) in [6, 6.07) is 9.84. The van der Waals surface area contributed by atoms with Gasteiger partial charge in [-0.25, -0.2) is 0 Å². The van der Waals surface area contributed by atoms with Crippen molar-refractivity contribution in [2.24, 2.45) is 0 Å². The van der Waals surface area contributed by atoms with Crippen molar-refractivity contribution in [1.82, 2.24) is 0 Å².